The van der Waals surface area contributed by atoms with Crippen molar-refractivity contribution in [2.24, 2.45) is 0 Å². The lowest BCUT2D eigenvalue weighted by Crippen LogP contribution is -2.14. The summed E-state index contributed by atoms with van der Waals surface area (Å²) in [6.45, 7) is 6.37. The summed E-state index contributed by atoms with van der Waals surface area (Å²) in [6, 6.07) is 0. The number of hydrogen-bond acceptors (Lipinski definition) is 2. The van der Waals surface area contributed by atoms with Crippen LogP contribution in [0.2, 0.25) is 0 Å². The highest BCUT2D eigenvalue weighted by atomic mass is 16.5. The van der Waals surface area contributed by atoms with Crippen molar-refractivity contribution in [1.82, 2.24) is 0 Å². The average molecular weight is 299 g/mol. The Bertz CT molecular complexity index is 226. The Morgan fingerprint density at radius 2 is 1.24 bits per heavy atom. The molecule has 2 heteroatoms. The van der Waals surface area contributed by atoms with Crippen molar-refractivity contribution >= 4 is 5.97 Å². The zero-order valence-electron chi connectivity index (χ0n) is 14.8. The first kappa shape index (κ1) is 20.5. The number of hydrogen-bond donors (Lipinski definition) is 0. The number of rotatable bonds is 15. The molecule has 1 atom stereocenters. The van der Waals surface area contributed by atoms with Crippen molar-refractivity contribution in [3.8, 4) is 0 Å². The van der Waals surface area contributed by atoms with E-state index >= 15 is 0 Å². The largest absolute Gasteiger partial charge is 0.463 e. The molecule has 0 N–H and O–H groups in total. The van der Waals surface area contributed by atoms with E-state index in [4.69, 9.17) is 4.74 Å². The van der Waals surface area contributed by atoms with Gasteiger partial charge in [0, 0.05) is 6.42 Å². The summed E-state index contributed by atoms with van der Waals surface area (Å²) in [4.78, 5) is 11.6. The summed E-state index contributed by atoms with van der Waals surface area (Å²) in [5, 5.41) is 0. The van der Waals surface area contributed by atoms with Crippen molar-refractivity contribution in [2.45, 2.75) is 117 Å². The highest BCUT2D eigenvalue weighted by molar-refractivity contribution is 5.69. The maximum absolute atomic E-state index is 11.6. The Labute approximate surface area is 133 Å². The third-order valence-corrected chi connectivity index (χ3v) is 4.01. The predicted octanol–water partition coefficient (Wildman–Crippen LogP) is 6.42. The molecule has 21 heavy (non-hydrogen) atoms. The van der Waals surface area contributed by atoms with Crippen LogP contribution in [0.1, 0.15) is 111 Å². The van der Waals surface area contributed by atoms with E-state index in [0.717, 1.165) is 19.3 Å². The summed E-state index contributed by atoms with van der Waals surface area (Å²) in [5.41, 5.74) is 0. The zero-order chi connectivity index (χ0) is 15.8. The van der Waals surface area contributed by atoms with Gasteiger partial charge in [0.15, 0.2) is 0 Å². The summed E-state index contributed by atoms with van der Waals surface area (Å²) in [6.07, 6.45) is 17.2. The van der Waals surface area contributed by atoms with Crippen LogP contribution in [-0.4, -0.2) is 12.1 Å². The summed E-state index contributed by atoms with van der Waals surface area (Å²) >= 11 is 0. The van der Waals surface area contributed by atoms with Crippen LogP contribution in [0.5, 0.6) is 0 Å². The lowest BCUT2D eigenvalue weighted by Gasteiger charge is -2.11. The van der Waals surface area contributed by atoms with Gasteiger partial charge in [0.05, 0.1) is 6.10 Å². The highest BCUT2D eigenvalue weighted by Gasteiger charge is 2.07. The van der Waals surface area contributed by atoms with Gasteiger partial charge in [-0.2, -0.15) is 0 Å². The summed E-state index contributed by atoms with van der Waals surface area (Å²) < 4.78 is 5.34. The second kappa shape index (κ2) is 15.9. The van der Waals surface area contributed by atoms with Gasteiger partial charge in [-0.1, -0.05) is 84.5 Å². The van der Waals surface area contributed by atoms with E-state index in [1.807, 2.05) is 6.92 Å². The molecule has 0 heterocycles. The Morgan fingerprint density at radius 1 is 0.762 bits per heavy atom. The molecular formula is C19H38O2. The van der Waals surface area contributed by atoms with Crippen LogP contribution in [0.25, 0.3) is 0 Å². The molecule has 0 spiro atoms. The van der Waals surface area contributed by atoms with Gasteiger partial charge >= 0.3 is 5.97 Å². The number of carbonyl (C=O) groups is 1. The molecule has 0 aromatic rings. The fourth-order valence-electron chi connectivity index (χ4n) is 2.68. The van der Waals surface area contributed by atoms with Crippen molar-refractivity contribution in [1.29, 1.82) is 0 Å². The first-order chi connectivity index (χ1) is 10.2. The fraction of sp³-hybridized carbons (Fsp3) is 0.947. The van der Waals surface area contributed by atoms with E-state index in [9.17, 15) is 4.79 Å². The molecule has 0 rings (SSSR count). The van der Waals surface area contributed by atoms with Gasteiger partial charge in [-0.15, -0.1) is 0 Å². The number of esters is 1. The molecule has 2 nitrogen and oxygen atoms in total. The lowest BCUT2D eigenvalue weighted by atomic mass is 10.1. The first-order valence-corrected chi connectivity index (χ1v) is 9.40. The van der Waals surface area contributed by atoms with E-state index in [2.05, 4.69) is 13.8 Å². The first-order valence-electron chi connectivity index (χ1n) is 9.40. The van der Waals surface area contributed by atoms with Gasteiger partial charge in [0.25, 0.3) is 0 Å². The second-order valence-corrected chi connectivity index (χ2v) is 6.37. The molecule has 0 aromatic carbocycles. The van der Waals surface area contributed by atoms with Gasteiger partial charge in [0.1, 0.15) is 0 Å². The number of ether oxygens (including phenoxy) is 1. The molecule has 0 bridgehead atoms. The normalized spacial score (nSPS) is 12.3. The van der Waals surface area contributed by atoms with Crippen LogP contribution < -0.4 is 0 Å². The van der Waals surface area contributed by atoms with Crippen LogP contribution >= 0.6 is 0 Å². The third kappa shape index (κ3) is 15.7. The highest BCUT2D eigenvalue weighted by Crippen LogP contribution is 2.12. The van der Waals surface area contributed by atoms with E-state index in [1.54, 1.807) is 0 Å². The quantitative estimate of drug-likeness (QED) is 0.257. The van der Waals surface area contributed by atoms with Gasteiger partial charge in [-0.05, 0) is 19.8 Å². The monoisotopic (exact) mass is 298 g/mol. The number of carbonyl (C=O) groups excluding carboxylic acids is 1. The Hall–Kier alpha value is -0.530. The molecule has 0 aliphatic heterocycles. The third-order valence-electron chi connectivity index (χ3n) is 4.01. The maximum Gasteiger partial charge on any atom is 0.306 e. The van der Waals surface area contributed by atoms with E-state index in [-0.39, 0.29) is 12.1 Å². The van der Waals surface area contributed by atoms with Crippen LogP contribution in [0, 0.1) is 0 Å². The van der Waals surface area contributed by atoms with Gasteiger partial charge in [-0.3, -0.25) is 4.79 Å². The van der Waals surface area contributed by atoms with Crippen molar-refractivity contribution < 1.29 is 9.53 Å². The molecule has 126 valence electrons. The minimum Gasteiger partial charge on any atom is -0.463 e. The van der Waals surface area contributed by atoms with Gasteiger partial charge in [-0.25, -0.2) is 0 Å². The second-order valence-electron chi connectivity index (χ2n) is 6.37. The Morgan fingerprint density at radius 3 is 1.71 bits per heavy atom. The Balaban J connectivity index is 3.19. The molecule has 0 saturated heterocycles. The molecular weight excluding hydrogens is 260 g/mol. The summed E-state index contributed by atoms with van der Waals surface area (Å²) in [5.74, 6) is -0.00752. The van der Waals surface area contributed by atoms with Crippen LogP contribution in [-0.2, 0) is 9.53 Å². The fourth-order valence-corrected chi connectivity index (χ4v) is 2.68. The number of unbranched alkanes of at least 4 members (excludes halogenated alkanes) is 10. The zero-order valence-corrected chi connectivity index (χ0v) is 14.8. The minimum absolute atomic E-state index is 0.00752. The van der Waals surface area contributed by atoms with Crippen molar-refractivity contribution in [3.05, 3.63) is 0 Å². The maximum atomic E-state index is 11.6. The minimum atomic E-state index is -0.00752. The molecule has 0 aliphatic carbocycles. The predicted molar refractivity (Wildman–Crippen MR) is 91.5 cm³/mol. The smallest absolute Gasteiger partial charge is 0.306 e. The van der Waals surface area contributed by atoms with Crippen molar-refractivity contribution in [3.63, 3.8) is 0 Å². The molecule has 0 aliphatic rings. The SMILES string of the molecule is CCCCCCCCCCCCCC(=O)OC(C)CCC. The standard InChI is InChI=1S/C19H38O2/c1-4-6-7-8-9-10-11-12-13-14-15-17-19(20)21-18(3)16-5-2/h18H,4-17H2,1-3H3. The Kier molecular flexibility index (Phi) is 15.5. The van der Waals surface area contributed by atoms with Crippen LogP contribution in [0.15, 0.2) is 0 Å². The van der Waals surface area contributed by atoms with Crippen LogP contribution in [0.3, 0.4) is 0 Å². The summed E-state index contributed by atoms with van der Waals surface area (Å²) in [7, 11) is 0. The molecule has 1 unspecified atom stereocenters. The molecule has 0 aromatic heterocycles. The molecule has 0 fully saturated rings. The lowest BCUT2D eigenvalue weighted by molar-refractivity contribution is -0.148. The topological polar surface area (TPSA) is 26.3 Å². The van der Waals surface area contributed by atoms with Gasteiger partial charge in [0.2, 0.25) is 0 Å². The molecule has 0 saturated carbocycles. The van der Waals surface area contributed by atoms with E-state index in [0.29, 0.717) is 6.42 Å². The van der Waals surface area contributed by atoms with Crippen molar-refractivity contribution in [2.75, 3.05) is 0 Å². The van der Waals surface area contributed by atoms with Gasteiger partial charge < -0.3 is 4.74 Å². The van der Waals surface area contributed by atoms with Crippen LogP contribution in [0.4, 0.5) is 0 Å². The van der Waals surface area contributed by atoms with E-state index in [1.165, 1.54) is 64.2 Å². The van der Waals surface area contributed by atoms with E-state index < -0.39 is 0 Å². The molecule has 0 radical (unpaired) electrons. The average Bonchev–Trinajstić information content (AvgIpc) is 2.45. The molecule has 0 amide bonds.